The number of aldehydes is 1. The van der Waals surface area contributed by atoms with Gasteiger partial charge in [0.25, 0.3) is 5.91 Å². The monoisotopic (exact) mass is 252 g/mol. The molecule has 5 heteroatoms. The number of hydrogen-bond acceptors (Lipinski definition) is 4. The molecule has 1 aromatic rings. The molecule has 1 rings (SSSR count). The van der Waals surface area contributed by atoms with Gasteiger partial charge in [-0.2, -0.15) is 11.8 Å². The fourth-order valence-electron chi connectivity index (χ4n) is 1.31. The lowest BCUT2D eigenvalue weighted by molar-refractivity contribution is -0.109. The number of amides is 1. The molecular weight excluding hydrogens is 236 g/mol. The summed E-state index contributed by atoms with van der Waals surface area (Å²) in [6, 6.07) is 6.18. The van der Waals surface area contributed by atoms with Gasteiger partial charge in [0.15, 0.2) is 0 Å². The summed E-state index contributed by atoms with van der Waals surface area (Å²) in [5.74, 6) is 0.592. The summed E-state index contributed by atoms with van der Waals surface area (Å²) in [6.07, 6.45) is 3.38. The van der Waals surface area contributed by atoms with Gasteiger partial charge in [0, 0.05) is 11.3 Å². The summed E-state index contributed by atoms with van der Waals surface area (Å²) in [5, 5.41) is 2.68. The van der Waals surface area contributed by atoms with Crippen LogP contribution in [0.15, 0.2) is 24.3 Å². The van der Waals surface area contributed by atoms with E-state index in [0.29, 0.717) is 17.7 Å². The Morgan fingerprint density at radius 1 is 1.47 bits per heavy atom. The molecule has 1 amide bonds. The number of anilines is 1. The lowest BCUT2D eigenvalue weighted by Gasteiger charge is -2.12. The molecule has 4 nitrogen and oxygen atoms in total. The predicted octanol–water partition coefficient (Wildman–Crippen LogP) is 1.32. The fraction of sp³-hybridized carbons (Fsp3) is 0.333. The van der Waals surface area contributed by atoms with Crippen molar-refractivity contribution in [2.24, 2.45) is 0 Å². The summed E-state index contributed by atoms with van der Waals surface area (Å²) in [4.78, 5) is 22.6. The maximum Gasteiger partial charge on any atom is 0.251 e. The molecule has 0 radical (unpaired) electrons. The lowest BCUT2D eigenvalue weighted by atomic mass is 10.1. The zero-order chi connectivity index (χ0) is 12.7. The van der Waals surface area contributed by atoms with Gasteiger partial charge in [-0.15, -0.1) is 0 Å². The Bertz CT molecular complexity index is 379. The number of carbonyl (C=O) groups is 2. The van der Waals surface area contributed by atoms with Crippen LogP contribution >= 0.6 is 11.8 Å². The van der Waals surface area contributed by atoms with Gasteiger partial charge >= 0.3 is 0 Å². The first kappa shape index (κ1) is 13.6. The van der Waals surface area contributed by atoms with E-state index in [-0.39, 0.29) is 5.91 Å². The number of nitrogens with two attached hydrogens (primary N) is 1. The van der Waals surface area contributed by atoms with Crippen LogP contribution in [-0.4, -0.2) is 30.2 Å². The molecule has 0 aliphatic rings. The predicted molar refractivity (Wildman–Crippen MR) is 71.2 cm³/mol. The Morgan fingerprint density at radius 2 is 2.12 bits per heavy atom. The molecule has 0 saturated heterocycles. The fourth-order valence-corrected chi connectivity index (χ4v) is 1.79. The summed E-state index contributed by atoms with van der Waals surface area (Å²) in [6.45, 7) is 0. The van der Waals surface area contributed by atoms with E-state index < -0.39 is 6.04 Å². The van der Waals surface area contributed by atoms with Gasteiger partial charge in [0.1, 0.15) is 6.29 Å². The highest BCUT2D eigenvalue weighted by molar-refractivity contribution is 7.98. The minimum atomic E-state index is -0.424. The summed E-state index contributed by atoms with van der Waals surface area (Å²) >= 11 is 1.64. The first-order valence-corrected chi connectivity index (χ1v) is 6.67. The van der Waals surface area contributed by atoms with Gasteiger partial charge in [-0.05, 0) is 42.7 Å². The Balaban J connectivity index is 2.57. The lowest BCUT2D eigenvalue weighted by Crippen LogP contribution is -2.36. The third-order valence-electron chi connectivity index (χ3n) is 2.29. The Kier molecular flexibility index (Phi) is 5.56. The van der Waals surface area contributed by atoms with E-state index in [1.165, 1.54) is 0 Å². The highest BCUT2D eigenvalue weighted by Crippen LogP contribution is 2.06. The van der Waals surface area contributed by atoms with Crippen molar-refractivity contribution < 1.29 is 9.59 Å². The van der Waals surface area contributed by atoms with Crippen molar-refractivity contribution in [3.05, 3.63) is 29.8 Å². The minimum absolute atomic E-state index is 0.247. The summed E-state index contributed by atoms with van der Waals surface area (Å²) < 4.78 is 0. The third-order valence-corrected chi connectivity index (χ3v) is 2.93. The van der Waals surface area contributed by atoms with Crippen LogP contribution in [0.2, 0.25) is 0 Å². The molecule has 0 aromatic heterocycles. The number of nitrogens with one attached hydrogen (secondary N) is 1. The van der Waals surface area contributed by atoms with Crippen molar-refractivity contribution >= 4 is 29.6 Å². The third kappa shape index (κ3) is 4.48. The summed E-state index contributed by atoms with van der Waals surface area (Å²) in [7, 11) is 0. The summed E-state index contributed by atoms with van der Waals surface area (Å²) in [5.41, 5.74) is 6.65. The van der Waals surface area contributed by atoms with Gasteiger partial charge < -0.3 is 15.8 Å². The van der Waals surface area contributed by atoms with E-state index in [2.05, 4.69) is 5.32 Å². The molecule has 0 bridgehead atoms. The van der Waals surface area contributed by atoms with Crippen molar-refractivity contribution in [3.8, 4) is 0 Å². The molecule has 1 unspecified atom stereocenters. The van der Waals surface area contributed by atoms with Crippen molar-refractivity contribution in [2.75, 3.05) is 17.7 Å². The van der Waals surface area contributed by atoms with Gasteiger partial charge in [-0.25, -0.2) is 0 Å². The van der Waals surface area contributed by atoms with E-state index in [0.717, 1.165) is 12.0 Å². The van der Waals surface area contributed by atoms with E-state index in [4.69, 9.17) is 5.73 Å². The van der Waals surface area contributed by atoms with Crippen molar-refractivity contribution in [3.63, 3.8) is 0 Å². The zero-order valence-corrected chi connectivity index (χ0v) is 10.5. The van der Waals surface area contributed by atoms with Crippen molar-refractivity contribution in [2.45, 2.75) is 12.5 Å². The standard InChI is InChI=1S/C12H16N2O2S/c1-17-7-6-11(8-15)14-12(16)9-2-4-10(13)5-3-9/h2-5,8,11H,6-7,13H2,1H3,(H,14,16). The number of benzene rings is 1. The highest BCUT2D eigenvalue weighted by Gasteiger charge is 2.12. The molecule has 0 aliphatic heterocycles. The van der Waals surface area contributed by atoms with Crippen LogP contribution in [0.5, 0.6) is 0 Å². The van der Waals surface area contributed by atoms with E-state index in [1.54, 1.807) is 36.0 Å². The number of thioether (sulfide) groups is 1. The highest BCUT2D eigenvalue weighted by atomic mass is 32.2. The maximum absolute atomic E-state index is 11.8. The van der Waals surface area contributed by atoms with Crippen LogP contribution in [0.1, 0.15) is 16.8 Å². The van der Waals surface area contributed by atoms with E-state index >= 15 is 0 Å². The SMILES string of the molecule is CSCCC(C=O)NC(=O)c1ccc(N)cc1. The Morgan fingerprint density at radius 3 is 2.65 bits per heavy atom. The number of hydrogen-bond donors (Lipinski definition) is 2. The van der Waals surface area contributed by atoms with Crippen LogP contribution in [-0.2, 0) is 4.79 Å². The van der Waals surface area contributed by atoms with E-state index in [9.17, 15) is 9.59 Å². The molecule has 0 fully saturated rings. The second-order valence-electron chi connectivity index (χ2n) is 3.62. The molecule has 0 saturated carbocycles. The molecule has 0 aliphatic carbocycles. The molecule has 1 aromatic carbocycles. The Labute approximate surface area is 105 Å². The van der Waals surface area contributed by atoms with Crippen LogP contribution in [0, 0.1) is 0 Å². The second kappa shape index (κ2) is 6.96. The quantitative estimate of drug-likeness (QED) is 0.591. The second-order valence-corrected chi connectivity index (χ2v) is 4.61. The smallest absolute Gasteiger partial charge is 0.251 e. The average molecular weight is 252 g/mol. The molecule has 0 spiro atoms. The topological polar surface area (TPSA) is 72.2 Å². The molecule has 17 heavy (non-hydrogen) atoms. The largest absolute Gasteiger partial charge is 0.399 e. The van der Waals surface area contributed by atoms with Gasteiger partial charge in [0.2, 0.25) is 0 Å². The van der Waals surface area contributed by atoms with Crippen LogP contribution < -0.4 is 11.1 Å². The zero-order valence-electron chi connectivity index (χ0n) is 9.68. The number of carbonyl (C=O) groups excluding carboxylic acids is 2. The van der Waals surface area contributed by atoms with Crippen molar-refractivity contribution in [1.82, 2.24) is 5.32 Å². The van der Waals surface area contributed by atoms with Crippen LogP contribution in [0.4, 0.5) is 5.69 Å². The first-order valence-electron chi connectivity index (χ1n) is 5.28. The van der Waals surface area contributed by atoms with Crippen LogP contribution in [0.3, 0.4) is 0 Å². The normalized spacial score (nSPS) is 11.8. The van der Waals surface area contributed by atoms with Gasteiger partial charge in [-0.3, -0.25) is 4.79 Å². The first-order chi connectivity index (χ1) is 8.17. The minimum Gasteiger partial charge on any atom is -0.399 e. The van der Waals surface area contributed by atoms with Gasteiger partial charge in [0.05, 0.1) is 6.04 Å². The molecular formula is C12H16N2O2S. The average Bonchev–Trinajstić information content (AvgIpc) is 2.35. The molecule has 3 N–H and O–H groups in total. The molecule has 1 atom stereocenters. The molecule has 0 heterocycles. The molecule has 92 valence electrons. The number of nitrogen functional groups attached to an aromatic ring is 1. The van der Waals surface area contributed by atoms with E-state index in [1.807, 2.05) is 6.26 Å². The Hall–Kier alpha value is -1.49. The van der Waals surface area contributed by atoms with Gasteiger partial charge in [-0.1, -0.05) is 0 Å². The van der Waals surface area contributed by atoms with Crippen LogP contribution in [0.25, 0.3) is 0 Å². The maximum atomic E-state index is 11.8. The number of rotatable bonds is 6. The van der Waals surface area contributed by atoms with Crippen molar-refractivity contribution in [1.29, 1.82) is 0 Å².